The third-order valence-electron chi connectivity index (χ3n) is 4.36. The number of guanidine groups is 1. The zero-order valence-corrected chi connectivity index (χ0v) is 13.2. The minimum atomic E-state index is 0.128. The summed E-state index contributed by atoms with van der Waals surface area (Å²) in [6.45, 7) is 9.85. The van der Waals surface area contributed by atoms with Gasteiger partial charge in [-0.25, -0.2) is 0 Å². The lowest BCUT2D eigenvalue weighted by Gasteiger charge is -2.33. The summed E-state index contributed by atoms with van der Waals surface area (Å²) in [6, 6.07) is 0. The van der Waals surface area contributed by atoms with Crippen LogP contribution in [0, 0.1) is 5.41 Å². The molecule has 2 N–H and O–H groups in total. The van der Waals surface area contributed by atoms with Crippen LogP contribution in [0.4, 0.5) is 0 Å². The van der Waals surface area contributed by atoms with Gasteiger partial charge in [0.1, 0.15) is 0 Å². The number of morpholine rings is 1. The molecule has 1 aliphatic carbocycles. The molecule has 1 heterocycles. The molecule has 0 spiro atoms. The number of rotatable bonds is 3. The zero-order chi connectivity index (χ0) is 14.6. The molecule has 0 radical (unpaired) electrons. The van der Waals surface area contributed by atoms with Crippen LogP contribution in [-0.4, -0.2) is 43.2 Å². The predicted octanol–water partition coefficient (Wildman–Crippen LogP) is 2.55. The van der Waals surface area contributed by atoms with E-state index < -0.39 is 0 Å². The van der Waals surface area contributed by atoms with Crippen molar-refractivity contribution in [3.8, 4) is 0 Å². The standard InChI is InChI=1S/C16H29N3O/c1-13-11-19(9-10-20-13)15(17)18-12-16(2,3)14-7-5-4-6-8-14/h7,13H,4-6,8-12H2,1-3H3,(H2,17,18). The molecule has 0 aromatic rings. The van der Waals surface area contributed by atoms with Gasteiger partial charge in [0.2, 0.25) is 0 Å². The first-order valence-electron chi connectivity index (χ1n) is 7.85. The lowest BCUT2D eigenvalue weighted by Crippen LogP contribution is -2.48. The minimum absolute atomic E-state index is 0.128. The van der Waals surface area contributed by atoms with E-state index >= 15 is 0 Å². The number of nitrogens with zero attached hydrogens (tertiary/aromatic N) is 2. The van der Waals surface area contributed by atoms with Crippen LogP contribution in [0.25, 0.3) is 0 Å². The first-order valence-corrected chi connectivity index (χ1v) is 7.85. The topological polar surface area (TPSA) is 50.8 Å². The highest BCUT2D eigenvalue weighted by Crippen LogP contribution is 2.34. The molecule has 0 aromatic carbocycles. The zero-order valence-electron chi connectivity index (χ0n) is 13.2. The maximum atomic E-state index is 6.15. The molecule has 4 heteroatoms. The predicted molar refractivity (Wildman–Crippen MR) is 83.8 cm³/mol. The fourth-order valence-corrected chi connectivity index (χ4v) is 2.96. The fraction of sp³-hybridized carbons (Fsp3) is 0.812. The van der Waals surface area contributed by atoms with Gasteiger partial charge in [-0.2, -0.15) is 0 Å². The van der Waals surface area contributed by atoms with E-state index in [1.807, 2.05) is 0 Å². The van der Waals surface area contributed by atoms with E-state index in [4.69, 9.17) is 10.5 Å². The van der Waals surface area contributed by atoms with Crippen molar-refractivity contribution in [2.45, 2.75) is 52.6 Å². The summed E-state index contributed by atoms with van der Waals surface area (Å²) in [5.41, 5.74) is 7.83. The van der Waals surface area contributed by atoms with Crippen molar-refractivity contribution in [1.82, 2.24) is 4.90 Å². The Balaban J connectivity index is 1.94. The third-order valence-corrected chi connectivity index (χ3v) is 4.36. The van der Waals surface area contributed by atoms with Crippen LogP contribution in [0.2, 0.25) is 0 Å². The number of hydrogen-bond acceptors (Lipinski definition) is 2. The molecule has 20 heavy (non-hydrogen) atoms. The Morgan fingerprint density at radius 1 is 1.50 bits per heavy atom. The van der Waals surface area contributed by atoms with Crippen LogP contribution in [0.1, 0.15) is 46.5 Å². The van der Waals surface area contributed by atoms with Crippen LogP contribution in [0.15, 0.2) is 16.6 Å². The van der Waals surface area contributed by atoms with Gasteiger partial charge >= 0.3 is 0 Å². The quantitative estimate of drug-likeness (QED) is 0.491. The molecule has 0 amide bonds. The van der Waals surface area contributed by atoms with Crippen molar-refractivity contribution in [1.29, 1.82) is 0 Å². The van der Waals surface area contributed by atoms with Crippen LogP contribution in [0.3, 0.4) is 0 Å². The van der Waals surface area contributed by atoms with Crippen molar-refractivity contribution >= 4 is 5.96 Å². The fourth-order valence-electron chi connectivity index (χ4n) is 2.96. The van der Waals surface area contributed by atoms with Gasteiger partial charge in [-0.1, -0.05) is 25.5 Å². The van der Waals surface area contributed by atoms with Gasteiger partial charge in [0.05, 0.1) is 19.3 Å². The van der Waals surface area contributed by atoms with E-state index in [9.17, 15) is 0 Å². The SMILES string of the molecule is CC1CN(C(N)=NCC(C)(C)C2=CCCCC2)CCO1. The lowest BCUT2D eigenvalue weighted by molar-refractivity contribution is 0.00526. The summed E-state index contributed by atoms with van der Waals surface area (Å²) < 4.78 is 5.54. The van der Waals surface area contributed by atoms with E-state index in [1.54, 1.807) is 5.57 Å². The van der Waals surface area contributed by atoms with Gasteiger partial charge in [0, 0.05) is 18.5 Å². The van der Waals surface area contributed by atoms with E-state index in [0.717, 1.165) is 26.2 Å². The van der Waals surface area contributed by atoms with Gasteiger partial charge in [-0.05, 0) is 32.6 Å². The number of nitrogens with two attached hydrogens (primary N) is 1. The lowest BCUT2D eigenvalue weighted by atomic mass is 9.78. The maximum Gasteiger partial charge on any atom is 0.191 e. The third kappa shape index (κ3) is 3.98. The second-order valence-corrected chi connectivity index (χ2v) is 6.66. The Hall–Kier alpha value is -1.03. The molecule has 1 atom stereocenters. The molecule has 1 saturated heterocycles. The molecule has 0 bridgehead atoms. The Kier molecular flexibility index (Phi) is 5.08. The average molecular weight is 279 g/mol. The van der Waals surface area contributed by atoms with Gasteiger partial charge in [-0.15, -0.1) is 0 Å². The Morgan fingerprint density at radius 2 is 2.30 bits per heavy atom. The highest BCUT2D eigenvalue weighted by Gasteiger charge is 2.25. The number of hydrogen-bond donors (Lipinski definition) is 1. The number of ether oxygens (including phenoxy) is 1. The summed E-state index contributed by atoms with van der Waals surface area (Å²) in [5, 5.41) is 0. The van der Waals surface area contributed by atoms with Crippen molar-refractivity contribution < 1.29 is 4.74 Å². The van der Waals surface area contributed by atoms with Crippen molar-refractivity contribution in [2.24, 2.45) is 16.1 Å². The molecule has 1 unspecified atom stereocenters. The normalized spacial score (nSPS) is 25.6. The van der Waals surface area contributed by atoms with E-state index in [1.165, 1.54) is 25.7 Å². The second kappa shape index (κ2) is 6.61. The van der Waals surface area contributed by atoms with E-state index in [2.05, 4.69) is 36.7 Å². The molecule has 1 fully saturated rings. The number of aliphatic imine (C=N–C) groups is 1. The summed E-state index contributed by atoms with van der Waals surface area (Å²) in [5.74, 6) is 0.671. The first kappa shape index (κ1) is 15.4. The second-order valence-electron chi connectivity index (χ2n) is 6.66. The molecular weight excluding hydrogens is 250 g/mol. The minimum Gasteiger partial charge on any atom is -0.375 e. The van der Waals surface area contributed by atoms with Gasteiger partial charge in [-0.3, -0.25) is 4.99 Å². The Morgan fingerprint density at radius 3 is 2.95 bits per heavy atom. The highest BCUT2D eigenvalue weighted by molar-refractivity contribution is 5.78. The van der Waals surface area contributed by atoms with Crippen molar-refractivity contribution in [3.05, 3.63) is 11.6 Å². The summed E-state index contributed by atoms with van der Waals surface area (Å²) >= 11 is 0. The summed E-state index contributed by atoms with van der Waals surface area (Å²) in [7, 11) is 0. The van der Waals surface area contributed by atoms with Crippen LogP contribution in [0.5, 0.6) is 0 Å². The molecule has 2 rings (SSSR count). The molecular formula is C16H29N3O. The van der Waals surface area contributed by atoms with Gasteiger partial charge < -0.3 is 15.4 Å². The molecule has 2 aliphatic rings. The molecule has 1 aliphatic heterocycles. The molecule has 0 aromatic heterocycles. The van der Waals surface area contributed by atoms with Crippen molar-refractivity contribution in [2.75, 3.05) is 26.2 Å². The van der Waals surface area contributed by atoms with Crippen molar-refractivity contribution in [3.63, 3.8) is 0 Å². The summed E-state index contributed by atoms with van der Waals surface area (Å²) in [4.78, 5) is 6.79. The molecule has 0 saturated carbocycles. The van der Waals surface area contributed by atoms with Gasteiger partial charge in [0.15, 0.2) is 5.96 Å². The van der Waals surface area contributed by atoms with E-state index in [0.29, 0.717) is 5.96 Å². The number of allylic oxidation sites excluding steroid dienone is 1. The van der Waals surface area contributed by atoms with Gasteiger partial charge in [0.25, 0.3) is 0 Å². The maximum absolute atomic E-state index is 6.15. The Labute approximate surface area is 123 Å². The van der Waals surface area contributed by atoms with E-state index in [-0.39, 0.29) is 11.5 Å². The largest absolute Gasteiger partial charge is 0.375 e. The molecule has 4 nitrogen and oxygen atoms in total. The Bertz CT molecular complexity index is 387. The average Bonchev–Trinajstić information content (AvgIpc) is 2.46. The molecule has 114 valence electrons. The highest BCUT2D eigenvalue weighted by atomic mass is 16.5. The summed E-state index contributed by atoms with van der Waals surface area (Å²) in [6.07, 6.45) is 7.74. The monoisotopic (exact) mass is 279 g/mol. The van der Waals surface area contributed by atoms with Crippen LogP contribution < -0.4 is 5.73 Å². The smallest absolute Gasteiger partial charge is 0.191 e. The van der Waals surface area contributed by atoms with Crippen LogP contribution in [-0.2, 0) is 4.74 Å². The first-order chi connectivity index (χ1) is 9.49. The van der Waals surface area contributed by atoms with Crippen LogP contribution >= 0.6 is 0 Å².